The van der Waals surface area contributed by atoms with E-state index in [0.717, 1.165) is 11.1 Å². The molecule has 1 amide bonds. The first-order valence-electron chi connectivity index (χ1n) is 15.1. The highest BCUT2D eigenvalue weighted by Crippen LogP contribution is 2.32. The van der Waals surface area contributed by atoms with Crippen molar-refractivity contribution in [3.63, 3.8) is 0 Å². The number of hydrogen-bond acceptors (Lipinski definition) is 12. The van der Waals surface area contributed by atoms with E-state index in [4.69, 9.17) is 14.2 Å². The summed E-state index contributed by atoms with van der Waals surface area (Å²) in [5, 5.41) is 35.6. The smallest absolute Gasteiger partial charge is 0.220 e. The molecule has 244 valence electrons. The second kappa shape index (κ2) is 16.3. The molecular weight excluding hydrogens is 596 g/mol. The molecule has 4 aromatic rings. The van der Waals surface area contributed by atoms with Gasteiger partial charge in [0.2, 0.25) is 5.91 Å². The summed E-state index contributed by atoms with van der Waals surface area (Å²) in [6, 6.07) is 17.3. The van der Waals surface area contributed by atoms with E-state index in [9.17, 15) is 24.9 Å². The van der Waals surface area contributed by atoms with Gasteiger partial charge in [-0.25, -0.2) is 15.0 Å². The Morgan fingerprint density at radius 2 is 1.57 bits per heavy atom. The third-order valence-electron chi connectivity index (χ3n) is 7.52. The molecule has 4 atom stereocenters. The number of rotatable bonds is 17. The van der Waals surface area contributed by atoms with Gasteiger partial charge in [-0.15, -0.1) is 0 Å². The van der Waals surface area contributed by atoms with Gasteiger partial charge < -0.3 is 40.2 Å². The van der Waals surface area contributed by atoms with Crippen LogP contribution in [0.3, 0.4) is 0 Å². The van der Waals surface area contributed by atoms with Gasteiger partial charge in [0, 0.05) is 31.5 Å². The number of Topliss-reactive ketones (excluding diaryl/α,β-unsaturated/α-hetero) is 1. The topological polar surface area (TPSA) is 190 Å². The minimum Gasteiger partial charge on any atom is -0.394 e. The average Bonchev–Trinajstić information content (AvgIpc) is 3.65. The fraction of sp³-hybridized carbons (Fsp3) is 0.406. The Morgan fingerprint density at radius 3 is 2.28 bits per heavy atom. The molecule has 1 saturated heterocycles. The minimum atomic E-state index is -1.25. The lowest BCUT2D eigenvalue weighted by atomic mass is 10.0. The van der Waals surface area contributed by atoms with Crippen LogP contribution in [0.1, 0.15) is 29.4 Å². The second-order valence-corrected chi connectivity index (χ2v) is 10.6. The predicted molar refractivity (Wildman–Crippen MR) is 167 cm³/mol. The van der Waals surface area contributed by atoms with Crippen LogP contribution in [0, 0.1) is 0 Å². The summed E-state index contributed by atoms with van der Waals surface area (Å²) < 4.78 is 18.2. The Hall–Kier alpha value is -4.31. The van der Waals surface area contributed by atoms with Crippen molar-refractivity contribution in [3.05, 3.63) is 72.8 Å². The van der Waals surface area contributed by atoms with Crippen molar-refractivity contribution in [1.29, 1.82) is 0 Å². The van der Waals surface area contributed by atoms with Crippen LogP contribution < -0.4 is 10.6 Å². The molecule has 1 aliphatic heterocycles. The standard InChI is InChI=1S/C32H38N6O8/c39-18-25-28(42)29(43)32(46-25)38-20-37-27-30(35-19-36-31(27)38)34-13-15-45-17-16-44-14-12-33-26(41)11-10-24(40)23-8-6-22(7-9-23)21-4-2-1-3-5-21/h1-9,19-20,25,28-29,32,39,42-43H,10-18H2,(H,33,41)(H,34,35,36)/t25-,28?,29?,32-/m1/s1. The average molecular weight is 635 g/mol. The lowest BCUT2D eigenvalue weighted by molar-refractivity contribution is -0.121. The summed E-state index contributed by atoms with van der Waals surface area (Å²) >= 11 is 0. The quantitative estimate of drug-likeness (QED) is 0.0829. The zero-order chi connectivity index (χ0) is 32.3. The van der Waals surface area contributed by atoms with Gasteiger partial charge in [-0.1, -0.05) is 54.6 Å². The molecule has 2 unspecified atom stereocenters. The van der Waals surface area contributed by atoms with Gasteiger partial charge in [-0.3, -0.25) is 14.2 Å². The van der Waals surface area contributed by atoms with Crippen LogP contribution in [0.2, 0.25) is 0 Å². The maximum atomic E-state index is 12.5. The molecule has 1 aliphatic rings. The Morgan fingerprint density at radius 1 is 0.848 bits per heavy atom. The van der Waals surface area contributed by atoms with E-state index in [-0.39, 0.29) is 24.5 Å². The Balaban J connectivity index is 0.917. The van der Waals surface area contributed by atoms with E-state index in [0.29, 0.717) is 62.1 Å². The number of anilines is 1. The summed E-state index contributed by atoms with van der Waals surface area (Å²) in [5.41, 5.74) is 3.55. The molecule has 0 radical (unpaired) electrons. The fourth-order valence-corrected chi connectivity index (χ4v) is 5.04. The van der Waals surface area contributed by atoms with E-state index < -0.39 is 31.1 Å². The number of nitrogens with one attached hydrogen (secondary N) is 2. The maximum absolute atomic E-state index is 12.5. The van der Waals surface area contributed by atoms with Gasteiger partial charge in [0.25, 0.3) is 0 Å². The summed E-state index contributed by atoms with van der Waals surface area (Å²) in [4.78, 5) is 37.4. The number of hydrogen-bond donors (Lipinski definition) is 5. The molecule has 1 fully saturated rings. The van der Waals surface area contributed by atoms with Gasteiger partial charge in [-0.2, -0.15) is 0 Å². The molecule has 5 rings (SSSR count). The van der Waals surface area contributed by atoms with Crippen molar-refractivity contribution in [2.24, 2.45) is 0 Å². The highest BCUT2D eigenvalue weighted by molar-refractivity contribution is 5.98. The zero-order valence-electron chi connectivity index (χ0n) is 25.2. The van der Waals surface area contributed by atoms with E-state index in [1.54, 1.807) is 12.1 Å². The number of ether oxygens (including phenoxy) is 3. The van der Waals surface area contributed by atoms with Gasteiger partial charge in [-0.05, 0) is 11.1 Å². The molecule has 14 nitrogen and oxygen atoms in total. The largest absolute Gasteiger partial charge is 0.394 e. The molecule has 2 aromatic carbocycles. The van der Waals surface area contributed by atoms with Crippen LogP contribution in [0.5, 0.6) is 0 Å². The first-order chi connectivity index (χ1) is 22.5. The van der Waals surface area contributed by atoms with Crippen LogP contribution in [0.4, 0.5) is 5.82 Å². The molecule has 46 heavy (non-hydrogen) atoms. The number of nitrogens with zero attached hydrogens (tertiary/aromatic N) is 4. The van der Waals surface area contributed by atoms with Crippen molar-refractivity contribution < 1.29 is 39.1 Å². The molecule has 2 aromatic heterocycles. The number of carbonyl (C=O) groups excluding carboxylic acids is 2. The van der Waals surface area contributed by atoms with Crippen LogP contribution in [-0.2, 0) is 19.0 Å². The van der Waals surface area contributed by atoms with Gasteiger partial charge in [0.15, 0.2) is 29.0 Å². The van der Waals surface area contributed by atoms with Crippen molar-refractivity contribution in [1.82, 2.24) is 24.8 Å². The predicted octanol–water partition coefficient (Wildman–Crippen LogP) is 1.33. The molecule has 14 heteroatoms. The highest BCUT2D eigenvalue weighted by Gasteiger charge is 2.44. The number of aliphatic hydroxyl groups is 3. The van der Waals surface area contributed by atoms with Crippen LogP contribution in [0.25, 0.3) is 22.3 Å². The molecular formula is C32H38N6O8. The van der Waals surface area contributed by atoms with Gasteiger partial charge in [0.1, 0.15) is 24.6 Å². The third kappa shape index (κ3) is 8.28. The van der Waals surface area contributed by atoms with Crippen LogP contribution >= 0.6 is 0 Å². The van der Waals surface area contributed by atoms with E-state index >= 15 is 0 Å². The summed E-state index contributed by atoms with van der Waals surface area (Å²) in [6.45, 7) is 1.72. The van der Waals surface area contributed by atoms with E-state index in [1.165, 1.54) is 17.2 Å². The lowest BCUT2D eigenvalue weighted by Gasteiger charge is -2.16. The number of benzene rings is 2. The Kier molecular flexibility index (Phi) is 11.7. The number of carbonyl (C=O) groups is 2. The number of aromatic nitrogens is 4. The van der Waals surface area contributed by atoms with Crippen molar-refractivity contribution in [3.8, 4) is 11.1 Å². The van der Waals surface area contributed by atoms with E-state index in [2.05, 4.69) is 25.6 Å². The fourth-order valence-electron chi connectivity index (χ4n) is 5.04. The maximum Gasteiger partial charge on any atom is 0.220 e. The lowest BCUT2D eigenvalue weighted by Crippen LogP contribution is -2.33. The minimum absolute atomic E-state index is 0.0763. The third-order valence-corrected chi connectivity index (χ3v) is 7.52. The number of ketones is 1. The molecule has 0 saturated carbocycles. The molecule has 3 heterocycles. The molecule has 5 N–H and O–H groups in total. The summed E-state index contributed by atoms with van der Waals surface area (Å²) in [7, 11) is 0. The number of aliphatic hydroxyl groups excluding tert-OH is 3. The summed E-state index contributed by atoms with van der Waals surface area (Å²) in [5.74, 6) is 0.184. The second-order valence-electron chi connectivity index (χ2n) is 10.6. The normalized spacial score (nSPS) is 19.4. The zero-order valence-corrected chi connectivity index (χ0v) is 25.2. The van der Waals surface area contributed by atoms with Crippen LogP contribution in [-0.4, -0.2) is 111 Å². The van der Waals surface area contributed by atoms with Gasteiger partial charge >= 0.3 is 0 Å². The first kappa shape index (κ1) is 33.1. The summed E-state index contributed by atoms with van der Waals surface area (Å²) in [6.07, 6.45) is -1.31. The molecule has 0 aliphatic carbocycles. The Labute approximate surface area is 265 Å². The van der Waals surface area contributed by atoms with Crippen molar-refractivity contribution in [2.75, 3.05) is 51.4 Å². The monoisotopic (exact) mass is 634 g/mol. The first-order valence-corrected chi connectivity index (χ1v) is 15.1. The van der Waals surface area contributed by atoms with Crippen LogP contribution in [0.15, 0.2) is 67.3 Å². The number of fused-ring (bicyclic) bond motifs is 1. The SMILES string of the molecule is O=C(CCC(=O)c1ccc(-c2ccccc2)cc1)NCCOCCOCCNc1ncnc2c1ncn2[C@@H]1O[C@H](CO)C(O)C1O. The van der Waals surface area contributed by atoms with E-state index in [1.807, 2.05) is 42.5 Å². The van der Waals surface area contributed by atoms with Crippen molar-refractivity contribution in [2.45, 2.75) is 37.4 Å². The molecule has 0 spiro atoms. The molecule has 0 bridgehead atoms. The van der Waals surface area contributed by atoms with Gasteiger partial charge in [0.05, 0.1) is 39.4 Å². The number of imidazole rings is 1. The Bertz CT molecular complexity index is 1570. The highest BCUT2D eigenvalue weighted by atomic mass is 16.6. The number of amides is 1. The van der Waals surface area contributed by atoms with Crippen molar-refractivity contribution >= 4 is 28.7 Å².